The Bertz CT molecular complexity index is 893. The van der Waals surface area contributed by atoms with Crippen LogP contribution in [0.3, 0.4) is 0 Å². The van der Waals surface area contributed by atoms with E-state index in [2.05, 4.69) is 9.80 Å². The summed E-state index contributed by atoms with van der Waals surface area (Å²) in [6, 6.07) is 14.0. The predicted octanol–water partition coefficient (Wildman–Crippen LogP) is 2.51. The molecular formula is C18H18FN3O2. The molecule has 3 aromatic rings. The molecule has 0 bridgehead atoms. The molecule has 0 amide bonds. The van der Waals surface area contributed by atoms with Crippen LogP contribution in [0.1, 0.15) is 0 Å². The molecule has 0 spiro atoms. The molecule has 1 aliphatic rings. The molecule has 0 saturated carbocycles. The molecule has 2 heterocycles. The number of anilines is 1. The van der Waals surface area contributed by atoms with Gasteiger partial charge in [0.1, 0.15) is 5.82 Å². The average molecular weight is 327 g/mol. The van der Waals surface area contributed by atoms with Gasteiger partial charge in [-0.15, -0.1) is 0 Å². The Labute approximate surface area is 138 Å². The topological polar surface area (TPSA) is 41.6 Å². The molecule has 1 saturated heterocycles. The van der Waals surface area contributed by atoms with Crippen LogP contribution in [0.5, 0.6) is 0 Å². The third kappa shape index (κ3) is 2.80. The summed E-state index contributed by atoms with van der Waals surface area (Å²) < 4.78 is 20.0. The highest BCUT2D eigenvalue weighted by atomic mass is 19.1. The molecule has 0 aliphatic carbocycles. The van der Waals surface area contributed by atoms with Gasteiger partial charge in [-0.1, -0.05) is 12.1 Å². The quantitative estimate of drug-likeness (QED) is 0.741. The van der Waals surface area contributed by atoms with Crippen LogP contribution < -0.4 is 10.7 Å². The van der Waals surface area contributed by atoms with Crippen molar-refractivity contribution in [2.24, 2.45) is 0 Å². The third-order valence-electron chi connectivity index (χ3n) is 4.48. The van der Waals surface area contributed by atoms with Gasteiger partial charge < -0.3 is 9.32 Å². The lowest BCUT2D eigenvalue weighted by atomic mass is 10.2. The molecule has 0 radical (unpaired) electrons. The van der Waals surface area contributed by atoms with Crippen LogP contribution in [0, 0.1) is 5.82 Å². The van der Waals surface area contributed by atoms with Gasteiger partial charge in [0.15, 0.2) is 5.58 Å². The van der Waals surface area contributed by atoms with E-state index in [1.165, 1.54) is 12.1 Å². The van der Waals surface area contributed by atoms with E-state index in [1.807, 2.05) is 18.2 Å². The summed E-state index contributed by atoms with van der Waals surface area (Å²) in [4.78, 5) is 16.5. The lowest BCUT2D eigenvalue weighted by Crippen LogP contribution is -2.47. The van der Waals surface area contributed by atoms with Crippen molar-refractivity contribution in [3.63, 3.8) is 0 Å². The lowest BCUT2D eigenvalue weighted by molar-refractivity contribution is 0.202. The highest BCUT2D eigenvalue weighted by Gasteiger charge is 2.19. The first kappa shape index (κ1) is 15.0. The van der Waals surface area contributed by atoms with Crippen LogP contribution in [0.25, 0.3) is 11.1 Å². The van der Waals surface area contributed by atoms with E-state index in [0.29, 0.717) is 12.3 Å². The van der Waals surface area contributed by atoms with Crippen molar-refractivity contribution >= 4 is 16.8 Å². The van der Waals surface area contributed by atoms with Crippen molar-refractivity contribution in [2.45, 2.75) is 6.67 Å². The summed E-state index contributed by atoms with van der Waals surface area (Å²) in [7, 11) is 0. The zero-order chi connectivity index (χ0) is 16.5. The van der Waals surface area contributed by atoms with Crippen LogP contribution in [-0.2, 0) is 6.67 Å². The van der Waals surface area contributed by atoms with E-state index >= 15 is 0 Å². The maximum Gasteiger partial charge on any atom is 0.421 e. The maximum absolute atomic E-state index is 13.0. The van der Waals surface area contributed by atoms with Crippen molar-refractivity contribution < 1.29 is 8.81 Å². The summed E-state index contributed by atoms with van der Waals surface area (Å²) in [5, 5.41) is 0. The van der Waals surface area contributed by atoms with Gasteiger partial charge in [-0.25, -0.2) is 9.18 Å². The first-order valence-corrected chi connectivity index (χ1v) is 8.02. The smallest absolute Gasteiger partial charge is 0.408 e. The minimum Gasteiger partial charge on any atom is -0.408 e. The fraction of sp³-hybridized carbons (Fsp3) is 0.278. The Balaban J connectivity index is 1.45. The molecule has 1 aliphatic heterocycles. The SMILES string of the molecule is O=c1oc2ccccc2n1CN1CCN(c2ccc(F)cc2)CC1. The Hall–Kier alpha value is -2.60. The van der Waals surface area contributed by atoms with E-state index in [4.69, 9.17) is 4.42 Å². The Morgan fingerprint density at radius 2 is 1.67 bits per heavy atom. The standard InChI is InChI=1S/C18H18FN3O2/c19-14-5-7-15(8-6-14)21-11-9-20(10-12-21)13-22-16-3-1-2-4-17(16)24-18(22)23/h1-8H,9-13H2. The molecule has 24 heavy (non-hydrogen) atoms. The Kier molecular flexibility index (Phi) is 3.82. The van der Waals surface area contributed by atoms with Crippen molar-refractivity contribution in [1.82, 2.24) is 9.47 Å². The first-order valence-electron chi connectivity index (χ1n) is 8.02. The van der Waals surface area contributed by atoms with Gasteiger partial charge in [-0.2, -0.15) is 0 Å². The minimum atomic E-state index is -0.322. The van der Waals surface area contributed by atoms with Crippen molar-refractivity contribution in [1.29, 1.82) is 0 Å². The van der Waals surface area contributed by atoms with Crippen LogP contribution in [-0.4, -0.2) is 35.6 Å². The maximum atomic E-state index is 13.0. The Morgan fingerprint density at radius 1 is 0.958 bits per heavy atom. The number of oxazole rings is 1. The van der Waals surface area contributed by atoms with Crippen molar-refractivity contribution in [3.05, 3.63) is 64.9 Å². The number of nitrogens with zero attached hydrogens (tertiary/aromatic N) is 3. The fourth-order valence-electron chi connectivity index (χ4n) is 3.15. The van der Waals surface area contributed by atoms with Crippen LogP contribution >= 0.6 is 0 Å². The summed E-state index contributed by atoms with van der Waals surface area (Å²) in [6.45, 7) is 3.88. The highest BCUT2D eigenvalue weighted by Crippen LogP contribution is 2.18. The number of aromatic nitrogens is 1. The van der Waals surface area contributed by atoms with E-state index in [1.54, 1.807) is 22.8 Å². The number of piperazine rings is 1. The number of rotatable bonds is 3. The molecule has 6 heteroatoms. The number of benzene rings is 2. The van der Waals surface area contributed by atoms with Gasteiger partial charge in [0.25, 0.3) is 0 Å². The fourth-order valence-corrected chi connectivity index (χ4v) is 3.15. The number of fused-ring (bicyclic) bond motifs is 1. The van der Waals surface area contributed by atoms with Gasteiger partial charge in [0, 0.05) is 31.9 Å². The molecule has 2 aromatic carbocycles. The summed E-state index contributed by atoms with van der Waals surface area (Å²) >= 11 is 0. The second kappa shape index (κ2) is 6.13. The normalized spacial score (nSPS) is 16.0. The molecule has 1 aromatic heterocycles. The lowest BCUT2D eigenvalue weighted by Gasteiger charge is -2.36. The van der Waals surface area contributed by atoms with E-state index in [9.17, 15) is 9.18 Å². The number of hydrogen-bond donors (Lipinski definition) is 0. The molecular weight excluding hydrogens is 309 g/mol. The number of hydrogen-bond acceptors (Lipinski definition) is 4. The molecule has 0 N–H and O–H groups in total. The average Bonchev–Trinajstić information content (AvgIpc) is 2.92. The van der Waals surface area contributed by atoms with Crippen molar-refractivity contribution in [2.75, 3.05) is 31.1 Å². The molecule has 0 unspecified atom stereocenters. The second-order valence-electron chi connectivity index (χ2n) is 5.99. The van der Waals surface area contributed by atoms with Crippen LogP contribution in [0.15, 0.2) is 57.7 Å². The Morgan fingerprint density at radius 3 is 2.42 bits per heavy atom. The number of para-hydroxylation sites is 2. The van der Waals surface area contributed by atoms with E-state index < -0.39 is 0 Å². The molecule has 124 valence electrons. The first-order chi connectivity index (χ1) is 11.7. The van der Waals surface area contributed by atoms with E-state index in [-0.39, 0.29) is 11.6 Å². The van der Waals surface area contributed by atoms with Gasteiger partial charge in [0.05, 0.1) is 12.2 Å². The summed E-state index contributed by atoms with van der Waals surface area (Å²) in [6.07, 6.45) is 0. The van der Waals surface area contributed by atoms with Crippen LogP contribution in [0.4, 0.5) is 10.1 Å². The highest BCUT2D eigenvalue weighted by molar-refractivity contribution is 5.72. The monoisotopic (exact) mass is 327 g/mol. The predicted molar refractivity (Wildman–Crippen MR) is 90.7 cm³/mol. The number of halogens is 1. The molecule has 0 atom stereocenters. The van der Waals surface area contributed by atoms with Gasteiger partial charge in [0.2, 0.25) is 0 Å². The van der Waals surface area contributed by atoms with E-state index in [0.717, 1.165) is 37.4 Å². The summed E-state index contributed by atoms with van der Waals surface area (Å²) in [5.41, 5.74) is 2.47. The molecule has 5 nitrogen and oxygen atoms in total. The largest absolute Gasteiger partial charge is 0.421 e. The minimum absolute atomic E-state index is 0.219. The summed E-state index contributed by atoms with van der Waals surface area (Å²) in [5.74, 6) is -0.541. The second-order valence-corrected chi connectivity index (χ2v) is 5.99. The van der Waals surface area contributed by atoms with Crippen LogP contribution in [0.2, 0.25) is 0 Å². The zero-order valence-corrected chi connectivity index (χ0v) is 13.2. The third-order valence-corrected chi connectivity index (χ3v) is 4.48. The zero-order valence-electron chi connectivity index (χ0n) is 13.2. The van der Waals surface area contributed by atoms with Gasteiger partial charge >= 0.3 is 5.76 Å². The molecule has 1 fully saturated rings. The van der Waals surface area contributed by atoms with Gasteiger partial charge in [-0.05, 0) is 36.4 Å². The van der Waals surface area contributed by atoms with Crippen molar-refractivity contribution in [3.8, 4) is 0 Å². The molecule has 4 rings (SSSR count). The van der Waals surface area contributed by atoms with Gasteiger partial charge in [-0.3, -0.25) is 9.47 Å².